The largest absolute Gasteiger partial charge is 0.416 e. The van der Waals surface area contributed by atoms with Crippen LogP contribution in [0.5, 0.6) is 0 Å². The molecule has 2 aliphatic carbocycles. The maximum atomic E-state index is 15.3. The van der Waals surface area contributed by atoms with E-state index >= 15 is 9.59 Å². The molecule has 2 aromatic heterocycles. The Labute approximate surface area is 625 Å². The standard InChI is InChI=1S/2C37H40F4N4O2S/c1-4-43(5-2)18-19-44(22-26-6-10-28(11-7-26)29-12-14-30(15-13-29)37(39,40)41)34(46)23-45-33-21-25(3)20-32(33)35(47)42-36(45)48-24-27-8-16-31(38)17-9-27;1-4-43(5-2)19-20-44(22-29-12-11-28(21-25(29)3)27-13-15-30(16-14-27)37(39,40)41)34(46)23-45-33-8-6-7-32(33)35(47)42-36(45)48-24-26-9-17-31(38)18-10-26/h6-17,25H,4-5,18-24H2,1-3H3;9-18,21H,4-8,19-20,22-24H2,1-3H3/i4D2,5D2,8D,9D,16D,17D,18D2,19D2,20D2,21D2,23D2,24D2,25D;4D2,5D2,9D,10D,11D,12D,13D,14D,15D,16D,17D,18D,19D2,20D2,21D,23D2,24D2. The fourth-order valence-electron chi connectivity index (χ4n) is 8.59. The summed E-state index contributed by atoms with van der Waals surface area (Å²) in [6.45, 7) is -36.3. The van der Waals surface area contributed by atoms with E-state index in [-0.39, 0.29) is 83.1 Å². The second-order valence-electron chi connectivity index (χ2n) is 19.6. The van der Waals surface area contributed by atoms with Gasteiger partial charge < -0.3 is 28.7 Å². The van der Waals surface area contributed by atoms with Crippen LogP contribution in [-0.4, -0.2) is 102 Å². The van der Waals surface area contributed by atoms with E-state index in [9.17, 15) is 55.7 Å². The number of carbonyl (C=O) groups excluding carboxylic acids is 2. The summed E-state index contributed by atoms with van der Waals surface area (Å²) in [5.74, 6) is -11.1. The predicted octanol–water partition coefficient (Wildman–Crippen LogP) is 15.0. The van der Waals surface area contributed by atoms with E-state index in [0.717, 1.165) is 43.3 Å². The van der Waals surface area contributed by atoms with Crippen LogP contribution in [0.4, 0.5) is 35.1 Å². The lowest BCUT2D eigenvalue weighted by Crippen LogP contribution is -2.40. The molecule has 1 unspecified atom stereocenters. The molecule has 0 bridgehead atoms. The Bertz CT molecular complexity index is 6300. The molecule has 0 aliphatic heterocycles. The summed E-state index contributed by atoms with van der Waals surface area (Å²) in [4.78, 5) is 64.0. The van der Waals surface area contributed by atoms with Gasteiger partial charge in [-0.1, -0.05) is 149 Å². The molecule has 10 rings (SSSR count). The first-order valence-electron chi connectivity index (χ1n) is 49.8. The van der Waals surface area contributed by atoms with Crippen molar-refractivity contribution in [1.29, 1.82) is 0 Å². The van der Waals surface area contributed by atoms with Gasteiger partial charge in [-0.05, 0) is 169 Å². The van der Waals surface area contributed by atoms with Crippen LogP contribution in [-0.2, 0) is 85.0 Å². The number of aromatic nitrogens is 4. The number of hydrogen-bond acceptors (Lipinski definition) is 10. The van der Waals surface area contributed by atoms with Gasteiger partial charge in [0.2, 0.25) is 11.8 Å². The highest BCUT2D eigenvalue weighted by Crippen LogP contribution is 2.35. The van der Waals surface area contributed by atoms with Crippen molar-refractivity contribution in [2.24, 2.45) is 5.89 Å². The van der Waals surface area contributed by atoms with E-state index in [2.05, 4.69) is 9.97 Å². The number of likely N-dealkylation sites (N-methyl/N-ethyl adjacent to an activating group) is 2. The minimum atomic E-state index is -5.42. The number of halogens is 8. The minimum Gasteiger partial charge on any atom is -0.336 e. The summed E-state index contributed by atoms with van der Waals surface area (Å²) in [6, 6.07) is -11.6. The highest BCUT2D eigenvalue weighted by Gasteiger charge is 2.33. The third-order valence-corrected chi connectivity index (χ3v) is 14.8. The SMILES string of the molecule is [2H]c1c([2H])c(C([2H])([2H])Sc2nc(=O)c3c(n2C([2H])([2H])C(=O)N(Cc2c([2H])c([2H])c(-c4c([2H])c([2H])c(C(F)(F)F)c([2H])c4[2H])c([2H])c2C)C([2H])([2H])C([2H])([2H])N(C([2H])([2H])C)C([2H])([2H])C)CCC3)c([2H])c([2H])c1F.[2H]c1c([2H])c(C([2H])([2H])Sc2nc(=O)c3c(n2C([2H])([2H])C(=O)N(Cc2ccc(-c4ccc(C(F)(F)F)cc4)cc2)C([2H])([2H])C([2H])([2H])N(C([2H])([2H])C)C([2H])([2H])C)C([2H])([2H])C([2H])(C)C3([2H])[2H])c([2H])c([2H])c1F. The third-order valence-electron chi connectivity index (χ3n) is 13.3. The average Bonchev–Trinajstić information content (AvgIpc) is 1.51. The Morgan fingerprint density at radius 3 is 1.54 bits per heavy atom. The molecule has 96 heavy (non-hydrogen) atoms. The van der Waals surface area contributed by atoms with E-state index in [1.54, 1.807) is 0 Å². The monoisotopic (exact) mass is 1400 g/mol. The van der Waals surface area contributed by atoms with Gasteiger partial charge in [-0.25, -0.2) is 8.78 Å². The molecule has 2 amide bonds. The van der Waals surface area contributed by atoms with Crippen LogP contribution in [0.1, 0.15) is 163 Å². The van der Waals surface area contributed by atoms with Gasteiger partial charge in [-0.2, -0.15) is 36.3 Å². The van der Waals surface area contributed by atoms with Crippen molar-refractivity contribution in [2.45, 2.75) is 134 Å². The van der Waals surface area contributed by atoms with Gasteiger partial charge >= 0.3 is 12.4 Å². The van der Waals surface area contributed by atoms with Crippen LogP contribution in [0.2, 0.25) is 0 Å². The van der Waals surface area contributed by atoms with E-state index in [4.69, 9.17) is 49.3 Å². The minimum absolute atomic E-state index is 0.0571. The number of fused-ring (bicyclic) bond motifs is 2. The Hall–Kier alpha value is -7.92. The van der Waals surface area contributed by atoms with Crippen LogP contribution >= 0.6 is 23.5 Å². The summed E-state index contributed by atoms with van der Waals surface area (Å²) < 4.78 is 491. The van der Waals surface area contributed by atoms with Crippen LogP contribution in [0.15, 0.2) is 159 Å². The van der Waals surface area contributed by atoms with Crippen LogP contribution in [0.25, 0.3) is 22.3 Å². The molecule has 0 saturated carbocycles. The average molecular weight is 1410 g/mol. The lowest BCUT2D eigenvalue weighted by Gasteiger charge is -2.28. The summed E-state index contributed by atoms with van der Waals surface area (Å²) in [5, 5.41) is -2.55. The molecule has 508 valence electrons. The third kappa shape index (κ3) is 19.0. The van der Waals surface area contributed by atoms with Gasteiger partial charge in [0.1, 0.15) is 24.6 Å². The maximum absolute atomic E-state index is 15.3. The van der Waals surface area contributed by atoms with Gasteiger partial charge in [0.05, 0.1) is 42.7 Å². The number of carbonyl (C=O) groups is 2. The van der Waals surface area contributed by atoms with E-state index in [1.165, 1.54) is 12.1 Å². The molecule has 6 aromatic carbocycles. The zero-order valence-electron chi connectivity index (χ0n) is 94.7. The molecule has 0 N–H and O–H groups in total. The number of benzene rings is 6. The van der Waals surface area contributed by atoms with E-state index in [0.29, 0.717) is 39.2 Å². The van der Waals surface area contributed by atoms with Crippen LogP contribution in [0.3, 0.4) is 0 Å². The van der Waals surface area contributed by atoms with Gasteiger partial charge in [0, 0.05) is 102 Å². The highest BCUT2D eigenvalue weighted by molar-refractivity contribution is 7.98. The molecule has 1 atom stereocenters. The smallest absolute Gasteiger partial charge is 0.336 e. The zero-order valence-corrected chi connectivity index (χ0v) is 52.3. The Morgan fingerprint density at radius 2 is 1.04 bits per heavy atom. The van der Waals surface area contributed by atoms with Gasteiger partial charge in [-0.15, -0.1) is 0 Å². The van der Waals surface area contributed by atoms with Crippen molar-refractivity contribution in [3.8, 4) is 22.3 Å². The Kier molecular flexibility index (Phi) is 11.7. The lowest BCUT2D eigenvalue weighted by molar-refractivity contribution is -0.138. The number of rotatable bonds is 26. The summed E-state index contributed by atoms with van der Waals surface area (Å²) in [7, 11) is 0. The molecule has 22 heteroatoms. The first-order chi connectivity index (χ1) is 62.8. The summed E-state index contributed by atoms with van der Waals surface area (Å²) >= 11 is -0.770. The summed E-state index contributed by atoms with van der Waals surface area (Å²) in [6.07, 6.45) is -17.5. The van der Waals surface area contributed by atoms with Crippen molar-refractivity contribution >= 4 is 35.3 Å². The molecule has 0 saturated heterocycles. The normalized spacial score (nSPS) is 23.9. The van der Waals surface area contributed by atoms with Crippen molar-refractivity contribution in [3.63, 3.8) is 0 Å². The van der Waals surface area contributed by atoms with Crippen LogP contribution in [0, 0.1) is 24.5 Å². The Balaban J connectivity index is 0.000000313. The van der Waals surface area contributed by atoms with Crippen molar-refractivity contribution in [1.82, 2.24) is 38.7 Å². The van der Waals surface area contributed by atoms with Gasteiger partial charge in [-0.3, -0.25) is 19.2 Å². The number of thioether (sulfide) groups is 2. The zero-order chi connectivity index (χ0) is 108. The molecule has 2 aliphatic rings. The van der Waals surface area contributed by atoms with E-state index < -0.39 is 324 Å². The topological polar surface area (TPSA) is 117 Å². The second kappa shape index (κ2) is 32.9. The fraction of sp³-hybridized carbons (Fsp3) is 0.378. The highest BCUT2D eigenvalue weighted by atomic mass is 32.2. The summed E-state index contributed by atoms with van der Waals surface area (Å²) in [5.41, 5.74) is -21.9. The molecular weight excluding hydrogens is 1280 g/mol. The number of hydrogen-bond donors (Lipinski definition) is 0. The molecule has 8 aromatic rings. The molecule has 0 radical (unpaired) electrons. The Morgan fingerprint density at radius 1 is 0.573 bits per heavy atom. The fourth-order valence-corrected chi connectivity index (χ4v) is 9.91. The molecule has 12 nitrogen and oxygen atoms in total. The quantitative estimate of drug-likeness (QED) is 0.0295. The number of alkyl halides is 6. The second-order valence-corrected chi connectivity index (χ2v) is 21.2. The molecule has 0 spiro atoms. The maximum Gasteiger partial charge on any atom is 0.416 e. The van der Waals surface area contributed by atoms with Gasteiger partial charge in [0.25, 0.3) is 11.1 Å². The molecule has 2 heterocycles. The van der Waals surface area contributed by atoms with Crippen molar-refractivity contribution in [2.75, 3.05) is 52.0 Å². The van der Waals surface area contributed by atoms with Gasteiger partial charge in [0.15, 0.2) is 10.3 Å². The predicted molar refractivity (Wildman–Crippen MR) is 362 cm³/mol. The first kappa shape index (κ1) is 34.0. The first-order valence-corrected chi connectivity index (χ1v) is 29.4. The number of amides is 2. The number of nitrogens with zero attached hydrogens (tertiary/aromatic N) is 8. The van der Waals surface area contributed by atoms with E-state index in [1.807, 2.05) is 0 Å². The van der Waals surface area contributed by atoms with Crippen molar-refractivity contribution < 1.29 is 105 Å². The van der Waals surface area contributed by atoms with Crippen LogP contribution < -0.4 is 11.1 Å². The molecular formula is C74H80F8N8O4S2. The lowest BCUT2D eigenvalue weighted by atomic mass is 9.98. The molecule has 0 fully saturated rings. The van der Waals surface area contributed by atoms with Crippen molar-refractivity contribution in [3.05, 3.63) is 233 Å².